The molecule has 0 atom stereocenters. The maximum atomic E-state index is 12.1. The SMILES string of the molecule is CCOc1ccc(NC(=O)/C=C/c2ccc3c(c2)OCO3)cc1OC. The number of methoxy groups -OCH3 is 1. The van der Waals surface area contributed by atoms with E-state index in [0.29, 0.717) is 35.3 Å². The van der Waals surface area contributed by atoms with Crippen molar-refractivity contribution in [1.82, 2.24) is 0 Å². The first-order valence-electron chi connectivity index (χ1n) is 7.89. The summed E-state index contributed by atoms with van der Waals surface area (Å²) in [4.78, 5) is 12.1. The Balaban J connectivity index is 1.66. The van der Waals surface area contributed by atoms with E-state index in [9.17, 15) is 4.79 Å². The number of anilines is 1. The van der Waals surface area contributed by atoms with Gasteiger partial charge in [-0.25, -0.2) is 0 Å². The van der Waals surface area contributed by atoms with Gasteiger partial charge in [-0.1, -0.05) is 6.07 Å². The van der Waals surface area contributed by atoms with Gasteiger partial charge in [0.25, 0.3) is 0 Å². The van der Waals surface area contributed by atoms with E-state index in [1.807, 2.05) is 25.1 Å². The minimum absolute atomic E-state index is 0.225. The number of hydrogen-bond acceptors (Lipinski definition) is 5. The normalized spacial score (nSPS) is 12.2. The monoisotopic (exact) mass is 341 g/mol. The van der Waals surface area contributed by atoms with Crippen LogP contribution in [-0.2, 0) is 4.79 Å². The molecule has 2 aromatic carbocycles. The van der Waals surface area contributed by atoms with Crippen molar-refractivity contribution in [2.75, 3.05) is 25.8 Å². The Labute approximate surface area is 146 Å². The first-order valence-corrected chi connectivity index (χ1v) is 7.89. The van der Waals surface area contributed by atoms with Crippen LogP contribution in [0.25, 0.3) is 6.08 Å². The molecule has 1 aliphatic heterocycles. The predicted octanol–water partition coefficient (Wildman–Crippen LogP) is 3.47. The van der Waals surface area contributed by atoms with Gasteiger partial charge in [-0.05, 0) is 42.8 Å². The lowest BCUT2D eigenvalue weighted by Gasteiger charge is -2.11. The lowest BCUT2D eigenvalue weighted by molar-refractivity contribution is -0.111. The molecular weight excluding hydrogens is 322 g/mol. The Hall–Kier alpha value is -3.15. The van der Waals surface area contributed by atoms with E-state index in [-0.39, 0.29) is 12.7 Å². The van der Waals surface area contributed by atoms with E-state index in [0.717, 1.165) is 5.56 Å². The van der Waals surface area contributed by atoms with E-state index < -0.39 is 0 Å². The molecule has 1 aliphatic rings. The minimum Gasteiger partial charge on any atom is -0.493 e. The number of hydrogen-bond donors (Lipinski definition) is 1. The molecule has 2 aromatic rings. The summed E-state index contributed by atoms with van der Waals surface area (Å²) in [5.41, 5.74) is 1.48. The lowest BCUT2D eigenvalue weighted by Crippen LogP contribution is -2.08. The molecule has 6 heteroatoms. The summed E-state index contributed by atoms with van der Waals surface area (Å²) >= 11 is 0. The fourth-order valence-corrected chi connectivity index (χ4v) is 2.39. The lowest BCUT2D eigenvalue weighted by atomic mass is 10.2. The van der Waals surface area contributed by atoms with Crippen LogP contribution in [0, 0.1) is 0 Å². The minimum atomic E-state index is -0.246. The maximum absolute atomic E-state index is 12.1. The topological polar surface area (TPSA) is 66.0 Å². The largest absolute Gasteiger partial charge is 0.493 e. The second-order valence-corrected chi connectivity index (χ2v) is 5.23. The number of rotatable bonds is 6. The van der Waals surface area contributed by atoms with Crippen LogP contribution in [0.4, 0.5) is 5.69 Å². The van der Waals surface area contributed by atoms with E-state index in [1.165, 1.54) is 6.08 Å². The van der Waals surface area contributed by atoms with Gasteiger partial charge in [0.2, 0.25) is 12.7 Å². The molecule has 1 heterocycles. The molecule has 1 N–H and O–H groups in total. The summed E-state index contributed by atoms with van der Waals surface area (Å²) in [5, 5.41) is 2.79. The zero-order valence-electron chi connectivity index (χ0n) is 14.1. The Bertz CT molecular complexity index is 800. The zero-order valence-corrected chi connectivity index (χ0v) is 14.1. The van der Waals surface area contributed by atoms with Crippen LogP contribution in [0.15, 0.2) is 42.5 Å². The number of carbonyl (C=O) groups excluding carboxylic acids is 1. The second-order valence-electron chi connectivity index (χ2n) is 5.23. The number of amides is 1. The molecule has 6 nitrogen and oxygen atoms in total. The number of nitrogens with one attached hydrogen (secondary N) is 1. The van der Waals surface area contributed by atoms with Crippen LogP contribution in [0.3, 0.4) is 0 Å². The standard InChI is InChI=1S/C19H19NO5/c1-3-23-15-8-6-14(11-17(15)22-2)20-19(21)9-5-13-4-7-16-18(10-13)25-12-24-16/h4-11H,3,12H2,1-2H3,(H,20,21)/b9-5+. The highest BCUT2D eigenvalue weighted by Crippen LogP contribution is 2.33. The van der Waals surface area contributed by atoms with Crippen molar-refractivity contribution >= 4 is 17.7 Å². The van der Waals surface area contributed by atoms with Gasteiger partial charge in [0.15, 0.2) is 23.0 Å². The summed E-state index contributed by atoms with van der Waals surface area (Å²) in [6.07, 6.45) is 3.17. The van der Waals surface area contributed by atoms with Crippen LogP contribution in [-0.4, -0.2) is 26.4 Å². The first-order chi connectivity index (χ1) is 12.2. The summed E-state index contributed by atoms with van der Waals surface area (Å²) < 4.78 is 21.3. The molecule has 0 saturated heterocycles. The smallest absolute Gasteiger partial charge is 0.248 e. The predicted molar refractivity (Wildman–Crippen MR) is 94.4 cm³/mol. The third-order valence-corrected chi connectivity index (χ3v) is 3.55. The molecule has 0 fully saturated rings. The Morgan fingerprint density at radius 1 is 1.16 bits per heavy atom. The van der Waals surface area contributed by atoms with Crippen LogP contribution in [0.5, 0.6) is 23.0 Å². The average Bonchev–Trinajstić information content (AvgIpc) is 3.09. The van der Waals surface area contributed by atoms with Gasteiger partial charge in [-0.15, -0.1) is 0 Å². The fraction of sp³-hybridized carbons (Fsp3) is 0.211. The van der Waals surface area contributed by atoms with Gasteiger partial charge in [0.05, 0.1) is 13.7 Å². The molecule has 0 spiro atoms. The van der Waals surface area contributed by atoms with Crippen molar-refractivity contribution in [1.29, 1.82) is 0 Å². The molecule has 0 aliphatic carbocycles. The third-order valence-electron chi connectivity index (χ3n) is 3.55. The molecule has 3 rings (SSSR count). The summed E-state index contributed by atoms with van der Waals surface area (Å²) in [5.74, 6) is 2.35. The average molecular weight is 341 g/mol. The molecule has 0 unspecified atom stereocenters. The zero-order chi connectivity index (χ0) is 17.6. The van der Waals surface area contributed by atoms with Crippen molar-refractivity contribution in [3.05, 3.63) is 48.0 Å². The molecule has 130 valence electrons. The van der Waals surface area contributed by atoms with Crippen molar-refractivity contribution in [3.8, 4) is 23.0 Å². The Morgan fingerprint density at radius 3 is 2.80 bits per heavy atom. The highest BCUT2D eigenvalue weighted by Gasteiger charge is 2.12. The highest BCUT2D eigenvalue weighted by atomic mass is 16.7. The summed E-state index contributed by atoms with van der Waals surface area (Å²) in [6, 6.07) is 10.7. The van der Waals surface area contributed by atoms with Gasteiger partial charge in [-0.2, -0.15) is 0 Å². The van der Waals surface area contributed by atoms with E-state index in [1.54, 1.807) is 31.4 Å². The number of ether oxygens (including phenoxy) is 4. The van der Waals surface area contributed by atoms with Crippen LogP contribution >= 0.6 is 0 Å². The van der Waals surface area contributed by atoms with Crippen molar-refractivity contribution < 1.29 is 23.7 Å². The molecular formula is C19H19NO5. The van der Waals surface area contributed by atoms with Crippen molar-refractivity contribution in [3.63, 3.8) is 0 Å². The fourth-order valence-electron chi connectivity index (χ4n) is 2.39. The van der Waals surface area contributed by atoms with Crippen LogP contribution in [0.2, 0.25) is 0 Å². The van der Waals surface area contributed by atoms with Gasteiger partial charge in [-0.3, -0.25) is 4.79 Å². The second kappa shape index (κ2) is 7.61. The molecule has 0 aromatic heterocycles. The number of fused-ring (bicyclic) bond motifs is 1. The first kappa shape index (κ1) is 16.7. The van der Waals surface area contributed by atoms with Crippen molar-refractivity contribution in [2.45, 2.75) is 6.92 Å². The Kier molecular flexibility index (Phi) is 5.09. The molecule has 0 saturated carbocycles. The molecule has 1 amide bonds. The van der Waals surface area contributed by atoms with Crippen LogP contribution in [0.1, 0.15) is 12.5 Å². The van der Waals surface area contributed by atoms with E-state index in [2.05, 4.69) is 5.32 Å². The van der Waals surface area contributed by atoms with Crippen LogP contribution < -0.4 is 24.3 Å². The van der Waals surface area contributed by atoms with E-state index >= 15 is 0 Å². The van der Waals surface area contributed by atoms with E-state index in [4.69, 9.17) is 18.9 Å². The maximum Gasteiger partial charge on any atom is 0.248 e. The van der Waals surface area contributed by atoms with Gasteiger partial charge in [0, 0.05) is 17.8 Å². The van der Waals surface area contributed by atoms with Gasteiger partial charge < -0.3 is 24.3 Å². The molecule has 25 heavy (non-hydrogen) atoms. The Morgan fingerprint density at radius 2 is 2.00 bits per heavy atom. The quantitative estimate of drug-likeness (QED) is 0.815. The summed E-state index contributed by atoms with van der Waals surface area (Å²) in [7, 11) is 1.56. The third kappa shape index (κ3) is 4.03. The molecule has 0 radical (unpaired) electrons. The van der Waals surface area contributed by atoms with Gasteiger partial charge >= 0.3 is 0 Å². The van der Waals surface area contributed by atoms with Gasteiger partial charge in [0.1, 0.15) is 0 Å². The number of carbonyl (C=O) groups is 1. The number of benzene rings is 2. The molecule has 0 bridgehead atoms. The summed E-state index contributed by atoms with van der Waals surface area (Å²) in [6.45, 7) is 2.67. The van der Waals surface area contributed by atoms with Crippen molar-refractivity contribution in [2.24, 2.45) is 0 Å². The highest BCUT2D eigenvalue weighted by molar-refractivity contribution is 6.02.